The topological polar surface area (TPSA) is 65.3 Å². The zero-order valence-corrected chi connectivity index (χ0v) is 17.5. The van der Waals surface area contributed by atoms with Crippen molar-refractivity contribution in [1.82, 2.24) is 9.91 Å². The van der Waals surface area contributed by atoms with Gasteiger partial charge in [0.1, 0.15) is 23.2 Å². The van der Waals surface area contributed by atoms with E-state index in [4.69, 9.17) is 21.1 Å². The van der Waals surface area contributed by atoms with Gasteiger partial charge in [0.15, 0.2) is 17.8 Å². The van der Waals surface area contributed by atoms with E-state index in [0.717, 1.165) is 0 Å². The molecule has 3 aliphatic heterocycles. The van der Waals surface area contributed by atoms with Crippen molar-refractivity contribution in [1.29, 1.82) is 0 Å². The number of anilines is 1. The second-order valence-electron chi connectivity index (χ2n) is 7.19. The number of guanidine groups is 1. The van der Waals surface area contributed by atoms with Gasteiger partial charge in [-0.05, 0) is 0 Å². The van der Waals surface area contributed by atoms with E-state index in [0.29, 0.717) is 43.9 Å². The number of hydrazone groups is 1. The maximum atomic E-state index is 14.6. The lowest BCUT2D eigenvalue weighted by Crippen LogP contribution is -2.50. The molecule has 1 aromatic carbocycles. The summed E-state index contributed by atoms with van der Waals surface area (Å²) in [5.74, 6) is -0.767. The van der Waals surface area contributed by atoms with Crippen molar-refractivity contribution in [2.24, 2.45) is 21.0 Å². The zero-order chi connectivity index (χ0) is 21.3. The zero-order valence-electron chi connectivity index (χ0n) is 16.8. The normalized spacial score (nSPS) is 23.4. The number of hydrogen-bond donors (Lipinski definition) is 0. The van der Waals surface area contributed by atoms with Gasteiger partial charge in [0.2, 0.25) is 5.96 Å². The van der Waals surface area contributed by atoms with Crippen LogP contribution in [0.2, 0.25) is 0 Å². The monoisotopic (exact) mass is 440 g/mol. The summed E-state index contributed by atoms with van der Waals surface area (Å²) in [6.07, 6.45) is 1.53. The molecule has 1 fully saturated rings. The Hall–Kier alpha value is -2.46. The van der Waals surface area contributed by atoms with E-state index in [2.05, 4.69) is 15.1 Å². The summed E-state index contributed by atoms with van der Waals surface area (Å²) >= 11 is 6.32. The van der Waals surface area contributed by atoms with Gasteiger partial charge in [-0.25, -0.2) is 18.8 Å². The van der Waals surface area contributed by atoms with Gasteiger partial charge >= 0.3 is 0 Å². The van der Waals surface area contributed by atoms with Crippen LogP contribution in [0.4, 0.5) is 14.5 Å². The summed E-state index contributed by atoms with van der Waals surface area (Å²) in [7, 11) is 3.37. The molecule has 4 rings (SSSR count). The highest BCUT2D eigenvalue weighted by Gasteiger charge is 2.37. The number of methoxy groups -OCH3 is 1. The Morgan fingerprint density at radius 2 is 1.77 bits per heavy atom. The first kappa shape index (κ1) is 20.8. The standard InChI is InChI=1S/C19H23ClF2N6O2/c1-26-18-13(11-23-26)17(20)24-19(25-18)28-5-3-27(4-6-28)16-14(21)9-12(10-15(16)22)30-8-7-29-2/h9-11,13,18H,3-8H2,1-2H3. The summed E-state index contributed by atoms with van der Waals surface area (Å²) < 4.78 is 39.4. The molecular weight excluding hydrogens is 418 g/mol. The Bertz CT molecular complexity index is 865. The molecule has 162 valence electrons. The fourth-order valence-electron chi connectivity index (χ4n) is 3.67. The first-order chi connectivity index (χ1) is 14.5. The predicted octanol–water partition coefficient (Wildman–Crippen LogP) is 1.99. The number of ether oxygens (including phenoxy) is 2. The minimum Gasteiger partial charge on any atom is -0.491 e. The summed E-state index contributed by atoms with van der Waals surface area (Å²) in [6.45, 7) is 2.43. The van der Waals surface area contributed by atoms with Crippen LogP contribution in [0.5, 0.6) is 5.75 Å². The van der Waals surface area contributed by atoms with Crippen molar-refractivity contribution in [2.45, 2.75) is 6.17 Å². The molecule has 0 radical (unpaired) electrons. The van der Waals surface area contributed by atoms with Gasteiger partial charge in [-0.1, -0.05) is 11.6 Å². The Morgan fingerprint density at radius 3 is 2.43 bits per heavy atom. The Labute approximate surface area is 178 Å². The molecule has 11 heteroatoms. The van der Waals surface area contributed by atoms with E-state index in [1.165, 1.54) is 19.2 Å². The average molecular weight is 441 g/mol. The first-order valence-electron chi connectivity index (χ1n) is 9.67. The third-order valence-corrected chi connectivity index (χ3v) is 5.60. The SMILES string of the molecule is COCCOc1cc(F)c(N2CCN(C3=NC4C(C=NN4C)C(Cl)=N3)CC2)c(F)c1. The third kappa shape index (κ3) is 4.06. The minimum absolute atomic E-state index is 0.0511. The molecule has 2 unspecified atom stereocenters. The van der Waals surface area contributed by atoms with Crippen molar-refractivity contribution in [2.75, 3.05) is 58.5 Å². The molecule has 0 aromatic heterocycles. The number of piperazine rings is 1. The van der Waals surface area contributed by atoms with E-state index >= 15 is 0 Å². The Kier molecular flexibility index (Phi) is 6.05. The van der Waals surface area contributed by atoms with E-state index < -0.39 is 11.6 Å². The van der Waals surface area contributed by atoms with Gasteiger partial charge in [-0.2, -0.15) is 5.10 Å². The molecule has 1 aromatic rings. The minimum atomic E-state index is -0.653. The molecule has 0 saturated carbocycles. The molecule has 8 nitrogen and oxygen atoms in total. The van der Waals surface area contributed by atoms with Crippen LogP contribution in [0.3, 0.4) is 0 Å². The molecule has 0 N–H and O–H groups in total. The number of benzene rings is 1. The predicted molar refractivity (Wildman–Crippen MR) is 112 cm³/mol. The molecule has 2 atom stereocenters. The van der Waals surface area contributed by atoms with Gasteiger partial charge in [-0.15, -0.1) is 0 Å². The lowest BCUT2D eigenvalue weighted by atomic mass is 10.1. The van der Waals surface area contributed by atoms with Crippen molar-refractivity contribution in [3.63, 3.8) is 0 Å². The Morgan fingerprint density at radius 1 is 1.10 bits per heavy atom. The first-order valence-corrected chi connectivity index (χ1v) is 10.0. The molecule has 1 saturated heterocycles. The summed E-state index contributed by atoms with van der Waals surface area (Å²) in [6, 6.07) is 2.40. The van der Waals surface area contributed by atoms with Gasteiger partial charge < -0.3 is 19.3 Å². The molecule has 30 heavy (non-hydrogen) atoms. The summed E-state index contributed by atoms with van der Waals surface area (Å²) in [5, 5.41) is 6.42. The highest BCUT2D eigenvalue weighted by atomic mass is 35.5. The molecule has 3 heterocycles. The molecule has 3 aliphatic rings. The quantitative estimate of drug-likeness (QED) is 0.655. The summed E-state index contributed by atoms with van der Waals surface area (Å²) in [5.41, 5.74) is -0.0511. The lowest BCUT2D eigenvalue weighted by Gasteiger charge is -2.38. The van der Waals surface area contributed by atoms with E-state index in [1.807, 2.05) is 11.9 Å². The number of fused-ring (bicyclic) bond motifs is 1. The van der Waals surface area contributed by atoms with Crippen LogP contribution in [0.1, 0.15) is 0 Å². The van der Waals surface area contributed by atoms with Gasteiger partial charge in [0.05, 0.1) is 12.5 Å². The highest BCUT2D eigenvalue weighted by molar-refractivity contribution is 6.68. The fourth-order valence-corrected chi connectivity index (χ4v) is 3.92. The van der Waals surface area contributed by atoms with Crippen molar-refractivity contribution < 1.29 is 18.3 Å². The van der Waals surface area contributed by atoms with Gasteiger partial charge in [0, 0.05) is 58.7 Å². The maximum Gasteiger partial charge on any atom is 0.224 e. The number of nitrogens with zero attached hydrogens (tertiary/aromatic N) is 6. The van der Waals surface area contributed by atoms with Crippen molar-refractivity contribution in [3.05, 3.63) is 23.8 Å². The Balaban J connectivity index is 1.42. The molecule has 0 spiro atoms. The number of halogens is 3. The lowest BCUT2D eigenvalue weighted by molar-refractivity contribution is 0.146. The fraction of sp³-hybridized carbons (Fsp3) is 0.526. The number of aliphatic imine (C=N–C) groups is 2. The van der Waals surface area contributed by atoms with Gasteiger partial charge in [0.25, 0.3) is 0 Å². The van der Waals surface area contributed by atoms with E-state index in [1.54, 1.807) is 16.1 Å². The van der Waals surface area contributed by atoms with Crippen LogP contribution >= 0.6 is 11.6 Å². The average Bonchev–Trinajstić information content (AvgIpc) is 3.10. The second kappa shape index (κ2) is 8.73. The van der Waals surface area contributed by atoms with Gasteiger partial charge in [-0.3, -0.25) is 5.01 Å². The largest absolute Gasteiger partial charge is 0.491 e. The molecule has 0 bridgehead atoms. The number of hydrogen-bond acceptors (Lipinski definition) is 8. The summed E-state index contributed by atoms with van der Waals surface area (Å²) in [4.78, 5) is 12.7. The van der Waals surface area contributed by atoms with Crippen LogP contribution in [-0.4, -0.2) is 87.0 Å². The van der Waals surface area contributed by atoms with Crippen LogP contribution in [0, 0.1) is 17.6 Å². The van der Waals surface area contributed by atoms with Crippen LogP contribution in [0.15, 0.2) is 27.2 Å². The molecular formula is C19H23ClF2N6O2. The molecule has 0 amide bonds. The van der Waals surface area contributed by atoms with Crippen LogP contribution in [-0.2, 0) is 4.74 Å². The van der Waals surface area contributed by atoms with Crippen molar-refractivity contribution >= 4 is 34.6 Å². The van der Waals surface area contributed by atoms with E-state index in [-0.39, 0.29) is 30.1 Å². The van der Waals surface area contributed by atoms with Crippen LogP contribution in [0.25, 0.3) is 0 Å². The van der Waals surface area contributed by atoms with E-state index in [9.17, 15) is 8.78 Å². The second-order valence-corrected chi connectivity index (χ2v) is 7.58. The van der Waals surface area contributed by atoms with Crippen LogP contribution < -0.4 is 9.64 Å². The molecule has 0 aliphatic carbocycles. The maximum absolute atomic E-state index is 14.6. The highest BCUT2D eigenvalue weighted by Crippen LogP contribution is 2.30. The number of rotatable bonds is 5. The smallest absolute Gasteiger partial charge is 0.224 e. The van der Waals surface area contributed by atoms with Crippen molar-refractivity contribution in [3.8, 4) is 5.75 Å². The third-order valence-electron chi connectivity index (χ3n) is 5.27.